The first-order valence-electron chi connectivity index (χ1n) is 6.39. The van der Waals surface area contributed by atoms with Gasteiger partial charge in [-0.2, -0.15) is 5.10 Å². The van der Waals surface area contributed by atoms with Crippen LogP contribution in [0.3, 0.4) is 0 Å². The van der Waals surface area contributed by atoms with Crippen LogP contribution in [0.4, 0.5) is 0 Å². The lowest BCUT2D eigenvalue weighted by atomic mass is 10.1. The first kappa shape index (κ1) is 14.1. The molecule has 0 fully saturated rings. The Hall–Kier alpha value is -1.81. The Labute approximate surface area is 132 Å². The lowest BCUT2D eigenvalue weighted by molar-refractivity contribution is 0.276. The summed E-state index contributed by atoms with van der Waals surface area (Å²) in [6.07, 6.45) is 0. The van der Waals surface area contributed by atoms with Crippen molar-refractivity contribution < 1.29 is 5.11 Å². The second-order valence-electron chi connectivity index (χ2n) is 4.57. The highest BCUT2D eigenvalue weighted by atomic mass is 35.5. The molecule has 0 aliphatic heterocycles. The summed E-state index contributed by atoms with van der Waals surface area (Å²) in [5.74, 6) is 0. The summed E-state index contributed by atoms with van der Waals surface area (Å²) in [4.78, 5) is 0. The molecule has 0 spiro atoms. The number of aliphatic hydroxyl groups is 1. The normalized spacial score (nSPS) is 10.8. The quantitative estimate of drug-likeness (QED) is 0.780. The van der Waals surface area contributed by atoms with Gasteiger partial charge in [-0.05, 0) is 42.5 Å². The molecule has 0 bridgehead atoms. The average molecular weight is 319 g/mol. The fourth-order valence-electron chi connectivity index (χ4n) is 2.11. The summed E-state index contributed by atoms with van der Waals surface area (Å²) in [6, 6.07) is 16.7. The van der Waals surface area contributed by atoms with Crippen LogP contribution in [0.2, 0.25) is 10.0 Å². The zero-order chi connectivity index (χ0) is 14.8. The molecule has 3 rings (SSSR count). The van der Waals surface area contributed by atoms with Crippen molar-refractivity contribution in [3.63, 3.8) is 0 Å². The van der Waals surface area contributed by atoms with Crippen molar-refractivity contribution in [1.29, 1.82) is 0 Å². The Morgan fingerprint density at radius 3 is 2.05 bits per heavy atom. The van der Waals surface area contributed by atoms with Gasteiger partial charge in [-0.25, -0.2) is 4.68 Å². The SMILES string of the molecule is OCc1cc(-c2ccc(Cl)cc2)n(-c2ccc(Cl)cc2)n1. The number of aromatic nitrogens is 2. The summed E-state index contributed by atoms with van der Waals surface area (Å²) < 4.78 is 1.78. The Kier molecular flexibility index (Phi) is 3.97. The standard InChI is InChI=1S/C16H12Cl2N2O/c17-12-3-1-11(2-4-12)16-9-14(10-21)19-20(16)15-7-5-13(18)6-8-15/h1-9,21H,10H2. The van der Waals surface area contributed by atoms with Crippen LogP contribution >= 0.6 is 23.2 Å². The molecule has 0 aliphatic rings. The van der Waals surface area contributed by atoms with Crippen LogP contribution in [0.15, 0.2) is 54.6 Å². The van der Waals surface area contributed by atoms with E-state index in [0.717, 1.165) is 16.9 Å². The van der Waals surface area contributed by atoms with E-state index in [0.29, 0.717) is 15.7 Å². The van der Waals surface area contributed by atoms with Gasteiger partial charge in [0.2, 0.25) is 0 Å². The summed E-state index contributed by atoms with van der Waals surface area (Å²) in [5.41, 5.74) is 3.35. The molecule has 2 aromatic carbocycles. The molecule has 21 heavy (non-hydrogen) atoms. The van der Waals surface area contributed by atoms with Gasteiger partial charge in [0.1, 0.15) is 0 Å². The van der Waals surface area contributed by atoms with Gasteiger partial charge in [0.05, 0.1) is 23.7 Å². The van der Waals surface area contributed by atoms with Crippen molar-refractivity contribution in [3.05, 3.63) is 70.3 Å². The van der Waals surface area contributed by atoms with Crippen LogP contribution in [0.1, 0.15) is 5.69 Å². The molecule has 1 N–H and O–H groups in total. The van der Waals surface area contributed by atoms with Crippen molar-refractivity contribution in [2.75, 3.05) is 0 Å². The molecule has 1 heterocycles. The fraction of sp³-hybridized carbons (Fsp3) is 0.0625. The monoisotopic (exact) mass is 318 g/mol. The van der Waals surface area contributed by atoms with Gasteiger partial charge >= 0.3 is 0 Å². The predicted molar refractivity (Wildman–Crippen MR) is 84.9 cm³/mol. The summed E-state index contributed by atoms with van der Waals surface area (Å²) in [5, 5.41) is 15.1. The smallest absolute Gasteiger partial charge is 0.0889 e. The number of hydrogen-bond acceptors (Lipinski definition) is 2. The second-order valence-corrected chi connectivity index (χ2v) is 5.45. The lowest BCUT2D eigenvalue weighted by Gasteiger charge is -2.08. The van der Waals surface area contributed by atoms with Crippen LogP contribution < -0.4 is 0 Å². The molecule has 3 aromatic rings. The Bertz CT molecular complexity index is 686. The summed E-state index contributed by atoms with van der Waals surface area (Å²) in [6.45, 7) is -0.110. The van der Waals surface area contributed by atoms with E-state index >= 15 is 0 Å². The van der Waals surface area contributed by atoms with E-state index in [4.69, 9.17) is 23.2 Å². The van der Waals surface area contributed by atoms with Gasteiger partial charge in [0.25, 0.3) is 0 Å². The molecule has 0 aliphatic carbocycles. The first-order chi connectivity index (χ1) is 10.2. The van der Waals surface area contributed by atoms with Crippen LogP contribution in [0, 0.1) is 0 Å². The zero-order valence-electron chi connectivity index (χ0n) is 11.0. The van der Waals surface area contributed by atoms with Crippen LogP contribution in [0.5, 0.6) is 0 Å². The molecule has 0 radical (unpaired) electrons. The van der Waals surface area contributed by atoms with Crippen molar-refractivity contribution in [2.45, 2.75) is 6.61 Å². The van der Waals surface area contributed by atoms with Crippen LogP contribution in [-0.2, 0) is 6.61 Å². The Morgan fingerprint density at radius 1 is 0.905 bits per heavy atom. The molecule has 1 aromatic heterocycles. The van der Waals surface area contributed by atoms with Gasteiger partial charge in [0, 0.05) is 15.6 Å². The van der Waals surface area contributed by atoms with Crippen molar-refractivity contribution in [1.82, 2.24) is 9.78 Å². The maximum atomic E-state index is 9.34. The van der Waals surface area contributed by atoms with Crippen LogP contribution in [0.25, 0.3) is 16.9 Å². The van der Waals surface area contributed by atoms with Gasteiger partial charge in [-0.3, -0.25) is 0 Å². The molecule has 3 nitrogen and oxygen atoms in total. The van der Waals surface area contributed by atoms with E-state index in [1.165, 1.54) is 0 Å². The van der Waals surface area contributed by atoms with Crippen molar-refractivity contribution in [3.8, 4) is 16.9 Å². The Morgan fingerprint density at radius 2 is 1.48 bits per heavy atom. The van der Waals surface area contributed by atoms with Crippen LogP contribution in [-0.4, -0.2) is 14.9 Å². The van der Waals surface area contributed by atoms with E-state index in [-0.39, 0.29) is 6.61 Å². The average Bonchev–Trinajstić information content (AvgIpc) is 2.93. The lowest BCUT2D eigenvalue weighted by Crippen LogP contribution is -1.99. The van der Waals surface area contributed by atoms with E-state index in [1.807, 2.05) is 54.6 Å². The molecular formula is C16H12Cl2N2O. The minimum Gasteiger partial charge on any atom is -0.390 e. The molecule has 0 amide bonds. The molecule has 106 valence electrons. The highest BCUT2D eigenvalue weighted by molar-refractivity contribution is 6.30. The number of aliphatic hydroxyl groups excluding tert-OH is 1. The van der Waals surface area contributed by atoms with Gasteiger partial charge in [0.15, 0.2) is 0 Å². The first-order valence-corrected chi connectivity index (χ1v) is 7.14. The third-order valence-electron chi connectivity index (χ3n) is 3.13. The molecule has 0 saturated heterocycles. The van der Waals surface area contributed by atoms with Crippen molar-refractivity contribution >= 4 is 23.2 Å². The van der Waals surface area contributed by atoms with E-state index in [9.17, 15) is 5.11 Å². The summed E-state index contributed by atoms with van der Waals surface area (Å²) >= 11 is 11.9. The molecule has 0 unspecified atom stereocenters. The van der Waals surface area contributed by atoms with Crippen molar-refractivity contribution in [2.24, 2.45) is 0 Å². The maximum absolute atomic E-state index is 9.34. The molecule has 0 saturated carbocycles. The fourth-order valence-corrected chi connectivity index (χ4v) is 2.36. The molecular weight excluding hydrogens is 307 g/mol. The minimum absolute atomic E-state index is 0.110. The summed E-state index contributed by atoms with van der Waals surface area (Å²) in [7, 11) is 0. The number of halogens is 2. The maximum Gasteiger partial charge on any atom is 0.0889 e. The number of nitrogens with zero attached hydrogens (tertiary/aromatic N) is 2. The van der Waals surface area contributed by atoms with E-state index < -0.39 is 0 Å². The van der Waals surface area contributed by atoms with Gasteiger partial charge in [-0.1, -0.05) is 35.3 Å². The van der Waals surface area contributed by atoms with E-state index in [2.05, 4.69) is 5.10 Å². The second kappa shape index (κ2) is 5.90. The number of hydrogen-bond donors (Lipinski definition) is 1. The minimum atomic E-state index is -0.110. The third kappa shape index (κ3) is 2.95. The predicted octanol–water partition coefficient (Wildman–Crippen LogP) is 4.34. The molecule has 0 atom stereocenters. The number of benzene rings is 2. The van der Waals surface area contributed by atoms with Gasteiger partial charge < -0.3 is 5.11 Å². The number of rotatable bonds is 3. The van der Waals surface area contributed by atoms with Gasteiger partial charge in [-0.15, -0.1) is 0 Å². The Balaban J connectivity index is 2.13. The topological polar surface area (TPSA) is 38.0 Å². The largest absolute Gasteiger partial charge is 0.390 e. The highest BCUT2D eigenvalue weighted by Crippen LogP contribution is 2.26. The van der Waals surface area contributed by atoms with E-state index in [1.54, 1.807) is 4.68 Å². The highest BCUT2D eigenvalue weighted by Gasteiger charge is 2.11. The molecule has 5 heteroatoms. The third-order valence-corrected chi connectivity index (χ3v) is 3.64. The zero-order valence-corrected chi connectivity index (χ0v) is 12.5.